The van der Waals surface area contributed by atoms with Crippen molar-refractivity contribution >= 4 is 26.9 Å². The van der Waals surface area contributed by atoms with E-state index < -0.39 is 19.8 Å². The van der Waals surface area contributed by atoms with Crippen LogP contribution in [-0.2, 0) is 6.42 Å². The van der Waals surface area contributed by atoms with Crippen molar-refractivity contribution in [3.63, 3.8) is 0 Å². The third kappa shape index (κ3) is 6.39. The SMILES string of the molecule is C=CC(CCC[CH2][Sn]([c]1ccccc1)[c]1ccccc1)Cc1ccccc1. The molecular formula is C26H29Sn. The first-order valence-corrected chi connectivity index (χ1v) is 14.9. The molecule has 3 aromatic rings. The van der Waals surface area contributed by atoms with Crippen LogP contribution < -0.4 is 7.16 Å². The number of benzene rings is 3. The van der Waals surface area contributed by atoms with E-state index in [1.165, 1.54) is 29.3 Å². The normalized spacial score (nSPS) is 12.0. The van der Waals surface area contributed by atoms with Crippen LogP contribution >= 0.6 is 0 Å². The minimum atomic E-state index is -1.78. The predicted octanol–water partition coefficient (Wildman–Crippen LogP) is 5.51. The van der Waals surface area contributed by atoms with E-state index in [4.69, 9.17) is 0 Å². The van der Waals surface area contributed by atoms with Gasteiger partial charge in [0.1, 0.15) is 0 Å². The zero-order valence-corrected chi connectivity index (χ0v) is 18.9. The van der Waals surface area contributed by atoms with Crippen molar-refractivity contribution in [2.24, 2.45) is 5.92 Å². The zero-order valence-electron chi connectivity index (χ0n) is 16.1. The fourth-order valence-electron chi connectivity index (χ4n) is 3.66. The van der Waals surface area contributed by atoms with Crippen LogP contribution in [-0.4, -0.2) is 19.8 Å². The summed E-state index contributed by atoms with van der Waals surface area (Å²) in [6.45, 7) is 4.08. The number of hydrogen-bond acceptors (Lipinski definition) is 0. The van der Waals surface area contributed by atoms with E-state index in [9.17, 15) is 0 Å². The van der Waals surface area contributed by atoms with E-state index in [0.717, 1.165) is 6.42 Å². The van der Waals surface area contributed by atoms with Crippen molar-refractivity contribution in [3.8, 4) is 0 Å². The quantitative estimate of drug-likeness (QED) is 0.213. The molecule has 0 N–H and O–H groups in total. The summed E-state index contributed by atoms with van der Waals surface area (Å²) in [5, 5.41) is 0. The fraction of sp³-hybridized carbons (Fsp3) is 0.231. The maximum atomic E-state index is 4.08. The Balaban J connectivity index is 1.55. The van der Waals surface area contributed by atoms with Crippen molar-refractivity contribution in [1.82, 2.24) is 0 Å². The van der Waals surface area contributed by atoms with Crippen LogP contribution in [0.25, 0.3) is 0 Å². The van der Waals surface area contributed by atoms with Gasteiger partial charge < -0.3 is 0 Å². The summed E-state index contributed by atoms with van der Waals surface area (Å²) in [6, 6.07) is 33.3. The molecule has 0 saturated carbocycles. The van der Waals surface area contributed by atoms with Gasteiger partial charge in [-0.2, -0.15) is 0 Å². The average Bonchev–Trinajstić information content (AvgIpc) is 2.75. The van der Waals surface area contributed by atoms with E-state index in [0.29, 0.717) is 5.92 Å². The van der Waals surface area contributed by atoms with Gasteiger partial charge in [0.25, 0.3) is 0 Å². The first-order chi connectivity index (χ1) is 13.4. The van der Waals surface area contributed by atoms with Crippen molar-refractivity contribution in [3.05, 3.63) is 109 Å². The topological polar surface area (TPSA) is 0 Å². The van der Waals surface area contributed by atoms with E-state index in [1.54, 1.807) is 7.16 Å². The molecule has 27 heavy (non-hydrogen) atoms. The summed E-state index contributed by atoms with van der Waals surface area (Å²) in [6.07, 6.45) is 7.15. The van der Waals surface area contributed by atoms with Gasteiger partial charge in [-0.25, -0.2) is 0 Å². The van der Waals surface area contributed by atoms with E-state index in [1.807, 2.05) is 0 Å². The number of allylic oxidation sites excluding steroid dienone is 1. The number of hydrogen-bond donors (Lipinski definition) is 0. The van der Waals surface area contributed by atoms with E-state index >= 15 is 0 Å². The molecular weight excluding hydrogens is 431 g/mol. The van der Waals surface area contributed by atoms with Gasteiger partial charge in [-0.05, 0) is 0 Å². The predicted molar refractivity (Wildman–Crippen MR) is 120 cm³/mol. The number of rotatable bonds is 10. The Kier molecular flexibility index (Phi) is 8.23. The molecule has 0 aromatic heterocycles. The van der Waals surface area contributed by atoms with Crippen LogP contribution in [0.15, 0.2) is 104 Å². The monoisotopic (exact) mass is 461 g/mol. The van der Waals surface area contributed by atoms with Crippen LogP contribution in [0.3, 0.4) is 0 Å². The minimum absolute atomic E-state index is 0.591. The molecule has 0 bridgehead atoms. The van der Waals surface area contributed by atoms with Gasteiger partial charge in [0.15, 0.2) is 0 Å². The molecule has 3 aromatic carbocycles. The zero-order chi connectivity index (χ0) is 18.7. The summed E-state index contributed by atoms with van der Waals surface area (Å²) < 4.78 is 4.64. The average molecular weight is 460 g/mol. The second kappa shape index (κ2) is 11.1. The number of unbranched alkanes of at least 4 members (excludes halogenated alkanes) is 1. The molecule has 1 unspecified atom stereocenters. The van der Waals surface area contributed by atoms with E-state index in [-0.39, 0.29) is 0 Å². The second-order valence-electron chi connectivity index (χ2n) is 7.14. The summed E-state index contributed by atoms with van der Waals surface area (Å²) in [5.74, 6) is 0.591. The van der Waals surface area contributed by atoms with Gasteiger partial charge in [-0.3, -0.25) is 0 Å². The summed E-state index contributed by atoms with van der Waals surface area (Å²) in [5.41, 5.74) is 1.42. The summed E-state index contributed by atoms with van der Waals surface area (Å²) >= 11 is -1.78. The molecule has 0 aliphatic carbocycles. The van der Waals surface area contributed by atoms with Crippen LogP contribution in [0.2, 0.25) is 4.44 Å². The van der Waals surface area contributed by atoms with Crippen molar-refractivity contribution in [2.75, 3.05) is 0 Å². The molecule has 1 atom stereocenters. The molecule has 3 rings (SSSR count). The standard InChI is InChI=1S/C14H19.2C6H5.Sn/c1-3-5-9-13(4-2)12-14-10-7-6-8-11-14;2*1-2-4-6-5-3-1;/h4,6-8,10-11,13H,1-3,5,9,12H2;2*1-5H;. The Hall–Kier alpha value is -1.80. The maximum absolute atomic E-state index is 4.08. The van der Waals surface area contributed by atoms with Crippen LogP contribution in [0.5, 0.6) is 0 Å². The molecule has 0 amide bonds. The summed E-state index contributed by atoms with van der Waals surface area (Å²) in [4.78, 5) is 0. The van der Waals surface area contributed by atoms with Gasteiger partial charge in [-0.1, -0.05) is 0 Å². The van der Waals surface area contributed by atoms with Crippen molar-refractivity contribution in [1.29, 1.82) is 0 Å². The molecule has 0 aliphatic rings. The van der Waals surface area contributed by atoms with Crippen molar-refractivity contribution < 1.29 is 0 Å². The first kappa shape index (κ1) is 19.9. The molecule has 137 valence electrons. The first-order valence-electron chi connectivity index (χ1n) is 10.00. The Morgan fingerprint density at radius 1 is 0.704 bits per heavy atom. The molecule has 0 saturated heterocycles. The Labute approximate surface area is 171 Å². The second-order valence-corrected chi connectivity index (χ2v) is 14.6. The van der Waals surface area contributed by atoms with Gasteiger partial charge >= 0.3 is 172 Å². The van der Waals surface area contributed by atoms with Crippen molar-refractivity contribution in [2.45, 2.75) is 30.1 Å². The molecule has 0 fully saturated rings. The Bertz CT molecular complexity index is 741. The summed E-state index contributed by atoms with van der Waals surface area (Å²) in [7, 11) is 0. The molecule has 0 spiro atoms. The third-order valence-corrected chi connectivity index (χ3v) is 13.5. The van der Waals surface area contributed by atoms with Crippen LogP contribution in [0.4, 0.5) is 0 Å². The van der Waals surface area contributed by atoms with Crippen LogP contribution in [0, 0.1) is 5.92 Å². The molecule has 1 radical (unpaired) electrons. The van der Waals surface area contributed by atoms with Gasteiger partial charge in [0.2, 0.25) is 0 Å². The fourth-order valence-corrected chi connectivity index (χ4v) is 11.4. The molecule has 0 aliphatic heterocycles. The Morgan fingerprint density at radius 3 is 1.74 bits per heavy atom. The van der Waals surface area contributed by atoms with Crippen LogP contribution in [0.1, 0.15) is 24.8 Å². The third-order valence-electron chi connectivity index (χ3n) is 5.17. The Morgan fingerprint density at radius 2 is 1.22 bits per heavy atom. The van der Waals surface area contributed by atoms with Gasteiger partial charge in [-0.15, -0.1) is 0 Å². The molecule has 0 heterocycles. The molecule has 0 nitrogen and oxygen atoms in total. The van der Waals surface area contributed by atoms with E-state index in [2.05, 4.69) is 104 Å². The van der Waals surface area contributed by atoms with Gasteiger partial charge in [0, 0.05) is 0 Å². The van der Waals surface area contributed by atoms with Gasteiger partial charge in [0.05, 0.1) is 0 Å². The molecule has 1 heteroatoms.